The molecule has 2 aromatic rings. The molecule has 7 heteroatoms. The molecule has 0 radical (unpaired) electrons. The standard InChI is InChI=1S/C21H26N2O4S/c1-17(21(24)22-15-7-4-8-16-22)23(28(2,25)26)18-11-13-20(14-12-18)27-19-9-5-3-6-10-19/h3,5-6,9-14,17H,4,7-8,15-16H2,1-2H3/t17-/m1/s1. The smallest absolute Gasteiger partial charge is 0.246 e. The Balaban J connectivity index is 1.80. The second-order valence-corrected chi connectivity index (χ2v) is 8.89. The maximum Gasteiger partial charge on any atom is 0.246 e. The van der Waals surface area contributed by atoms with Gasteiger partial charge in [0.2, 0.25) is 15.9 Å². The van der Waals surface area contributed by atoms with Gasteiger partial charge in [0, 0.05) is 13.1 Å². The highest BCUT2D eigenvalue weighted by molar-refractivity contribution is 7.92. The lowest BCUT2D eigenvalue weighted by atomic mass is 10.1. The third-order valence-electron chi connectivity index (χ3n) is 4.80. The first kappa shape index (κ1) is 20.2. The van der Waals surface area contributed by atoms with Gasteiger partial charge in [-0.05, 0) is 62.6 Å². The molecule has 3 rings (SSSR count). The SMILES string of the molecule is C[C@H](C(=O)N1CCCCC1)N(c1ccc(Oc2ccccc2)cc1)S(C)(=O)=O. The number of nitrogens with zero attached hydrogens (tertiary/aromatic N) is 2. The number of amides is 1. The lowest BCUT2D eigenvalue weighted by Gasteiger charge is -2.34. The van der Waals surface area contributed by atoms with Crippen molar-refractivity contribution in [2.75, 3.05) is 23.7 Å². The fourth-order valence-corrected chi connectivity index (χ4v) is 4.64. The van der Waals surface area contributed by atoms with E-state index in [-0.39, 0.29) is 5.91 Å². The summed E-state index contributed by atoms with van der Waals surface area (Å²) in [6, 6.07) is 15.3. The Kier molecular flexibility index (Phi) is 6.24. The molecule has 2 aromatic carbocycles. The number of carbonyl (C=O) groups is 1. The predicted octanol–water partition coefficient (Wildman–Crippen LogP) is 3.65. The minimum absolute atomic E-state index is 0.158. The number of hydrogen-bond donors (Lipinski definition) is 0. The van der Waals surface area contributed by atoms with E-state index in [1.165, 1.54) is 4.31 Å². The van der Waals surface area contributed by atoms with Crippen molar-refractivity contribution in [3.8, 4) is 11.5 Å². The first-order valence-corrected chi connectivity index (χ1v) is 11.3. The van der Waals surface area contributed by atoms with Gasteiger partial charge in [-0.2, -0.15) is 0 Å². The lowest BCUT2D eigenvalue weighted by molar-refractivity contribution is -0.132. The molecule has 1 amide bonds. The highest BCUT2D eigenvalue weighted by Crippen LogP contribution is 2.27. The van der Waals surface area contributed by atoms with Crippen molar-refractivity contribution in [2.45, 2.75) is 32.2 Å². The summed E-state index contributed by atoms with van der Waals surface area (Å²) in [5.41, 5.74) is 0.445. The molecule has 0 saturated carbocycles. The fourth-order valence-electron chi connectivity index (χ4n) is 3.47. The summed E-state index contributed by atoms with van der Waals surface area (Å²) in [4.78, 5) is 14.6. The molecule has 0 N–H and O–H groups in total. The topological polar surface area (TPSA) is 66.9 Å². The number of carbonyl (C=O) groups excluding carboxylic acids is 1. The zero-order valence-corrected chi connectivity index (χ0v) is 17.1. The zero-order valence-electron chi connectivity index (χ0n) is 16.2. The van der Waals surface area contributed by atoms with Crippen LogP contribution in [0.4, 0.5) is 5.69 Å². The van der Waals surface area contributed by atoms with Crippen LogP contribution < -0.4 is 9.04 Å². The number of sulfonamides is 1. The van der Waals surface area contributed by atoms with Crippen LogP contribution >= 0.6 is 0 Å². The number of hydrogen-bond acceptors (Lipinski definition) is 4. The van der Waals surface area contributed by atoms with Gasteiger partial charge in [0.15, 0.2) is 0 Å². The molecule has 1 atom stereocenters. The quantitative estimate of drug-likeness (QED) is 0.740. The van der Waals surface area contributed by atoms with Crippen molar-refractivity contribution in [3.63, 3.8) is 0 Å². The van der Waals surface area contributed by atoms with Crippen LogP contribution in [0.3, 0.4) is 0 Å². The van der Waals surface area contributed by atoms with Gasteiger partial charge >= 0.3 is 0 Å². The van der Waals surface area contributed by atoms with Gasteiger partial charge in [-0.3, -0.25) is 9.10 Å². The van der Waals surface area contributed by atoms with Crippen molar-refractivity contribution < 1.29 is 17.9 Å². The summed E-state index contributed by atoms with van der Waals surface area (Å²) in [5.74, 6) is 1.14. The molecule has 1 aliphatic rings. The van der Waals surface area contributed by atoms with Crippen LogP contribution in [-0.2, 0) is 14.8 Å². The largest absolute Gasteiger partial charge is 0.457 e. The number of anilines is 1. The second-order valence-electron chi connectivity index (χ2n) is 7.03. The van der Waals surface area contributed by atoms with Crippen LogP contribution in [0, 0.1) is 0 Å². The number of para-hydroxylation sites is 1. The van der Waals surface area contributed by atoms with Gasteiger partial charge in [0.1, 0.15) is 17.5 Å². The normalized spacial score (nSPS) is 15.7. The molecular formula is C21H26N2O4S. The van der Waals surface area contributed by atoms with Gasteiger partial charge in [-0.25, -0.2) is 8.42 Å². The van der Waals surface area contributed by atoms with Crippen molar-refractivity contribution in [3.05, 3.63) is 54.6 Å². The number of rotatable bonds is 6. The first-order chi connectivity index (χ1) is 13.4. The van der Waals surface area contributed by atoms with Crippen LogP contribution in [-0.4, -0.2) is 44.6 Å². The van der Waals surface area contributed by atoms with Gasteiger partial charge < -0.3 is 9.64 Å². The third-order valence-corrected chi connectivity index (χ3v) is 6.05. The van der Waals surface area contributed by atoms with Crippen LogP contribution in [0.15, 0.2) is 54.6 Å². The second kappa shape index (κ2) is 8.65. The van der Waals surface area contributed by atoms with Crippen LogP contribution in [0.2, 0.25) is 0 Å². The van der Waals surface area contributed by atoms with Crippen molar-refractivity contribution in [1.29, 1.82) is 0 Å². The summed E-state index contributed by atoms with van der Waals surface area (Å²) in [7, 11) is -3.63. The van der Waals surface area contributed by atoms with Crippen LogP contribution in [0.25, 0.3) is 0 Å². The van der Waals surface area contributed by atoms with E-state index >= 15 is 0 Å². The molecule has 0 spiro atoms. The maximum absolute atomic E-state index is 12.9. The summed E-state index contributed by atoms with van der Waals surface area (Å²) in [6.07, 6.45) is 4.16. The fraction of sp³-hybridized carbons (Fsp3) is 0.381. The number of piperidine rings is 1. The third kappa shape index (κ3) is 4.84. The molecule has 0 bridgehead atoms. The molecule has 0 aromatic heterocycles. The van der Waals surface area contributed by atoms with Gasteiger partial charge in [0.05, 0.1) is 11.9 Å². The van der Waals surface area contributed by atoms with E-state index in [2.05, 4.69) is 0 Å². The van der Waals surface area contributed by atoms with E-state index in [4.69, 9.17) is 4.74 Å². The summed E-state index contributed by atoms with van der Waals surface area (Å²) in [6.45, 7) is 3.02. The van der Waals surface area contributed by atoms with E-state index in [0.29, 0.717) is 30.3 Å². The van der Waals surface area contributed by atoms with E-state index in [1.54, 1.807) is 36.1 Å². The molecule has 1 saturated heterocycles. The lowest BCUT2D eigenvalue weighted by Crippen LogP contribution is -2.50. The Bertz CT molecular complexity index is 892. The highest BCUT2D eigenvalue weighted by atomic mass is 32.2. The van der Waals surface area contributed by atoms with E-state index < -0.39 is 16.1 Å². The zero-order chi connectivity index (χ0) is 20.1. The molecule has 0 aliphatic carbocycles. The molecule has 28 heavy (non-hydrogen) atoms. The monoisotopic (exact) mass is 402 g/mol. The minimum Gasteiger partial charge on any atom is -0.457 e. The minimum atomic E-state index is -3.63. The van der Waals surface area contributed by atoms with Crippen molar-refractivity contribution >= 4 is 21.6 Å². The molecule has 1 aliphatic heterocycles. The average molecular weight is 403 g/mol. The van der Waals surface area contributed by atoms with E-state index in [9.17, 15) is 13.2 Å². The summed E-state index contributed by atoms with van der Waals surface area (Å²) >= 11 is 0. The van der Waals surface area contributed by atoms with Gasteiger partial charge in [0.25, 0.3) is 0 Å². The van der Waals surface area contributed by atoms with Gasteiger partial charge in [-0.1, -0.05) is 18.2 Å². The number of benzene rings is 2. The summed E-state index contributed by atoms with van der Waals surface area (Å²) < 4.78 is 31.9. The Morgan fingerprint density at radius 3 is 2.11 bits per heavy atom. The Hall–Kier alpha value is -2.54. The molecule has 1 fully saturated rings. The molecule has 0 unspecified atom stereocenters. The molecule has 1 heterocycles. The van der Waals surface area contributed by atoms with Crippen molar-refractivity contribution in [1.82, 2.24) is 4.90 Å². The molecular weight excluding hydrogens is 376 g/mol. The predicted molar refractivity (Wildman–Crippen MR) is 110 cm³/mol. The van der Waals surface area contributed by atoms with E-state index in [1.807, 2.05) is 30.3 Å². The van der Waals surface area contributed by atoms with E-state index in [0.717, 1.165) is 25.5 Å². The highest BCUT2D eigenvalue weighted by Gasteiger charge is 2.32. The Labute approximate surface area is 166 Å². The molecule has 6 nitrogen and oxygen atoms in total. The Morgan fingerprint density at radius 2 is 1.54 bits per heavy atom. The Morgan fingerprint density at radius 1 is 0.964 bits per heavy atom. The van der Waals surface area contributed by atoms with Gasteiger partial charge in [-0.15, -0.1) is 0 Å². The maximum atomic E-state index is 12.9. The molecule has 150 valence electrons. The van der Waals surface area contributed by atoms with Crippen LogP contribution in [0.5, 0.6) is 11.5 Å². The number of ether oxygens (including phenoxy) is 1. The van der Waals surface area contributed by atoms with Crippen LogP contribution in [0.1, 0.15) is 26.2 Å². The average Bonchev–Trinajstić information content (AvgIpc) is 2.69. The number of likely N-dealkylation sites (tertiary alicyclic amines) is 1. The summed E-state index contributed by atoms with van der Waals surface area (Å²) in [5, 5.41) is 0. The van der Waals surface area contributed by atoms with Crippen molar-refractivity contribution in [2.24, 2.45) is 0 Å². The first-order valence-electron chi connectivity index (χ1n) is 9.47.